The Kier molecular flexibility index (Phi) is 5.59. The summed E-state index contributed by atoms with van der Waals surface area (Å²) in [5.74, 6) is -0.786. The molecule has 2 aromatic carbocycles. The average Bonchev–Trinajstić information content (AvgIpc) is 2.52. The molecule has 1 atom stereocenters. The fraction of sp³-hybridized carbons (Fsp3) is 0.125. The molecule has 0 spiro atoms. The normalized spacial score (nSPS) is 11.4. The molecule has 120 valence electrons. The van der Waals surface area contributed by atoms with Crippen LogP contribution in [0.2, 0.25) is 0 Å². The predicted molar refractivity (Wildman–Crippen MR) is 87.9 cm³/mol. The summed E-state index contributed by atoms with van der Waals surface area (Å²) in [5.41, 5.74) is 4.55. The Morgan fingerprint density at radius 1 is 1.13 bits per heavy atom. The second kappa shape index (κ2) is 7.64. The van der Waals surface area contributed by atoms with Crippen LogP contribution >= 0.6 is 15.9 Å². The summed E-state index contributed by atoms with van der Waals surface area (Å²) >= 11 is 3.31. The Morgan fingerprint density at radius 3 is 2.57 bits per heavy atom. The number of para-hydroxylation sites is 1. The maximum Gasteiger partial charge on any atom is 0.279 e. The van der Waals surface area contributed by atoms with Crippen LogP contribution in [0.5, 0.6) is 11.5 Å². The van der Waals surface area contributed by atoms with Gasteiger partial charge >= 0.3 is 0 Å². The van der Waals surface area contributed by atoms with E-state index in [1.165, 1.54) is 12.1 Å². The van der Waals surface area contributed by atoms with Crippen LogP contribution in [0.4, 0.5) is 0 Å². The van der Waals surface area contributed by atoms with Crippen molar-refractivity contribution in [3.63, 3.8) is 0 Å². The highest BCUT2D eigenvalue weighted by atomic mass is 79.9. The van der Waals surface area contributed by atoms with Crippen molar-refractivity contribution in [3.05, 3.63) is 58.6 Å². The predicted octanol–water partition coefficient (Wildman–Crippen LogP) is 2.38. The number of aromatic hydroxyl groups is 1. The summed E-state index contributed by atoms with van der Waals surface area (Å²) in [6, 6.07) is 13.1. The van der Waals surface area contributed by atoms with E-state index in [1.54, 1.807) is 37.3 Å². The molecule has 6 nitrogen and oxygen atoms in total. The Hall–Kier alpha value is -2.54. The number of carbonyl (C=O) groups excluding carboxylic acids is 2. The summed E-state index contributed by atoms with van der Waals surface area (Å²) < 4.78 is 6.31. The number of rotatable bonds is 4. The van der Waals surface area contributed by atoms with Crippen molar-refractivity contribution in [2.24, 2.45) is 0 Å². The lowest BCUT2D eigenvalue weighted by atomic mass is 10.2. The standard InChI is InChI=1S/C16H15BrN2O4/c1-10(23-12-6-4-5-11(17)9-12)15(21)18-19-16(22)13-7-2-3-8-14(13)20/h2-10,20H,1H3,(H,18,21)(H,19,22)/t10-/m1/s1. The van der Waals surface area contributed by atoms with Gasteiger partial charge in [0.15, 0.2) is 6.10 Å². The van der Waals surface area contributed by atoms with E-state index >= 15 is 0 Å². The first-order chi connectivity index (χ1) is 11.0. The van der Waals surface area contributed by atoms with Gasteiger partial charge in [0.25, 0.3) is 11.8 Å². The van der Waals surface area contributed by atoms with E-state index in [1.807, 2.05) is 6.07 Å². The first-order valence-electron chi connectivity index (χ1n) is 6.78. The molecule has 3 N–H and O–H groups in total. The van der Waals surface area contributed by atoms with Crippen molar-refractivity contribution < 1.29 is 19.4 Å². The minimum absolute atomic E-state index is 0.0633. The van der Waals surface area contributed by atoms with E-state index in [9.17, 15) is 14.7 Å². The monoisotopic (exact) mass is 378 g/mol. The first-order valence-corrected chi connectivity index (χ1v) is 7.57. The van der Waals surface area contributed by atoms with Crippen molar-refractivity contribution in [2.75, 3.05) is 0 Å². The van der Waals surface area contributed by atoms with Crippen molar-refractivity contribution >= 4 is 27.7 Å². The SMILES string of the molecule is C[C@@H](Oc1cccc(Br)c1)C(=O)NNC(=O)c1ccccc1O. The fourth-order valence-corrected chi connectivity index (χ4v) is 2.13. The van der Waals surface area contributed by atoms with Gasteiger partial charge in [0.1, 0.15) is 11.5 Å². The second-order valence-electron chi connectivity index (χ2n) is 4.68. The summed E-state index contributed by atoms with van der Waals surface area (Å²) in [7, 11) is 0. The van der Waals surface area contributed by atoms with Crippen LogP contribution in [0.1, 0.15) is 17.3 Å². The van der Waals surface area contributed by atoms with E-state index in [2.05, 4.69) is 26.8 Å². The van der Waals surface area contributed by atoms with Gasteiger partial charge in [-0.3, -0.25) is 20.4 Å². The number of hydrazine groups is 1. The third kappa shape index (κ3) is 4.72. The number of hydrogen-bond acceptors (Lipinski definition) is 4. The van der Waals surface area contributed by atoms with Gasteiger partial charge < -0.3 is 9.84 Å². The maximum atomic E-state index is 11.9. The zero-order valence-corrected chi connectivity index (χ0v) is 13.8. The number of hydrogen-bond donors (Lipinski definition) is 3. The summed E-state index contributed by atoms with van der Waals surface area (Å²) in [4.78, 5) is 23.8. The number of benzene rings is 2. The lowest BCUT2D eigenvalue weighted by molar-refractivity contribution is -0.128. The number of phenolic OH excluding ortho intramolecular Hbond substituents is 1. The summed E-state index contributed by atoms with van der Waals surface area (Å²) in [6.45, 7) is 1.56. The zero-order valence-electron chi connectivity index (χ0n) is 12.2. The van der Waals surface area contributed by atoms with Gasteiger partial charge in [-0.1, -0.05) is 34.1 Å². The lowest BCUT2D eigenvalue weighted by Gasteiger charge is -2.15. The smallest absolute Gasteiger partial charge is 0.279 e. The largest absolute Gasteiger partial charge is 0.507 e. The number of phenols is 1. The Morgan fingerprint density at radius 2 is 1.87 bits per heavy atom. The van der Waals surface area contributed by atoms with E-state index in [0.29, 0.717) is 5.75 Å². The van der Waals surface area contributed by atoms with Crippen molar-refractivity contribution in [2.45, 2.75) is 13.0 Å². The molecular weight excluding hydrogens is 364 g/mol. The van der Waals surface area contributed by atoms with Gasteiger partial charge in [-0.15, -0.1) is 0 Å². The molecule has 0 saturated heterocycles. The van der Waals surface area contributed by atoms with Crippen molar-refractivity contribution in [1.82, 2.24) is 10.9 Å². The van der Waals surface area contributed by atoms with E-state index < -0.39 is 17.9 Å². The van der Waals surface area contributed by atoms with Gasteiger partial charge in [0, 0.05) is 4.47 Å². The number of amides is 2. The molecule has 23 heavy (non-hydrogen) atoms. The third-order valence-corrected chi connectivity index (χ3v) is 3.42. The van der Waals surface area contributed by atoms with Crippen LogP contribution in [0, 0.1) is 0 Å². The molecule has 0 aliphatic carbocycles. The highest BCUT2D eigenvalue weighted by molar-refractivity contribution is 9.10. The number of carbonyl (C=O) groups is 2. The van der Waals surface area contributed by atoms with E-state index in [-0.39, 0.29) is 11.3 Å². The highest BCUT2D eigenvalue weighted by Gasteiger charge is 2.17. The Balaban J connectivity index is 1.89. The summed E-state index contributed by atoms with van der Waals surface area (Å²) in [6.07, 6.45) is -0.811. The van der Waals surface area contributed by atoms with Crippen LogP contribution in [0.15, 0.2) is 53.0 Å². The molecule has 0 aromatic heterocycles. The van der Waals surface area contributed by atoms with Gasteiger partial charge in [-0.25, -0.2) is 0 Å². The Labute approximate surface area is 141 Å². The minimum Gasteiger partial charge on any atom is -0.507 e. The molecule has 0 heterocycles. The van der Waals surface area contributed by atoms with Crippen LogP contribution in [0.25, 0.3) is 0 Å². The molecule has 0 saturated carbocycles. The van der Waals surface area contributed by atoms with Gasteiger partial charge in [-0.05, 0) is 37.3 Å². The molecule has 7 heteroatoms. The molecule has 2 aromatic rings. The third-order valence-electron chi connectivity index (χ3n) is 2.93. The van der Waals surface area contributed by atoms with E-state index in [0.717, 1.165) is 4.47 Å². The van der Waals surface area contributed by atoms with Crippen LogP contribution in [-0.2, 0) is 4.79 Å². The quantitative estimate of drug-likeness (QED) is 0.712. The van der Waals surface area contributed by atoms with Crippen molar-refractivity contribution in [3.8, 4) is 11.5 Å². The van der Waals surface area contributed by atoms with Gasteiger partial charge in [0.05, 0.1) is 5.56 Å². The molecule has 0 radical (unpaired) electrons. The highest BCUT2D eigenvalue weighted by Crippen LogP contribution is 2.19. The zero-order chi connectivity index (χ0) is 16.8. The van der Waals surface area contributed by atoms with Crippen LogP contribution in [-0.4, -0.2) is 23.0 Å². The molecule has 2 amide bonds. The molecule has 0 fully saturated rings. The molecule has 2 rings (SSSR count). The number of halogens is 1. The average molecular weight is 379 g/mol. The minimum atomic E-state index is -0.811. The van der Waals surface area contributed by atoms with Gasteiger partial charge in [0.2, 0.25) is 0 Å². The molecule has 0 unspecified atom stereocenters. The molecule has 0 aliphatic heterocycles. The molecule has 0 bridgehead atoms. The second-order valence-corrected chi connectivity index (χ2v) is 5.59. The number of nitrogens with one attached hydrogen (secondary N) is 2. The topological polar surface area (TPSA) is 87.7 Å². The van der Waals surface area contributed by atoms with Crippen LogP contribution < -0.4 is 15.6 Å². The summed E-state index contributed by atoms with van der Waals surface area (Å²) in [5, 5.41) is 9.57. The lowest BCUT2D eigenvalue weighted by Crippen LogP contribution is -2.47. The number of ether oxygens (including phenoxy) is 1. The van der Waals surface area contributed by atoms with Gasteiger partial charge in [-0.2, -0.15) is 0 Å². The molecular formula is C16H15BrN2O4. The Bertz CT molecular complexity index is 721. The fourth-order valence-electron chi connectivity index (χ4n) is 1.75. The van der Waals surface area contributed by atoms with Crippen molar-refractivity contribution in [1.29, 1.82) is 0 Å². The molecule has 0 aliphatic rings. The first kappa shape index (κ1) is 16.8. The van der Waals surface area contributed by atoms with E-state index in [4.69, 9.17) is 4.74 Å². The maximum absolute atomic E-state index is 11.9. The van der Waals surface area contributed by atoms with Crippen LogP contribution in [0.3, 0.4) is 0 Å².